The second-order valence-corrected chi connectivity index (χ2v) is 3.96. The Morgan fingerprint density at radius 3 is 0.895 bits per heavy atom. The molecule has 0 unspecified atom stereocenters. The highest BCUT2D eigenvalue weighted by atomic mass is 15.0. The van der Waals surface area contributed by atoms with Crippen LogP contribution in [0.3, 0.4) is 0 Å². The molecule has 0 spiro atoms. The lowest BCUT2D eigenvalue weighted by Gasteiger charge is -2.05. The molecule has 0 aromatic heterocycles. The van der Waals surface area contributed by atoms with E-state index in [-0.39, 0.29) is 0 Å². The van der Waals surface area contributed by atoms with Crippen LogP contribution in [0.15, 0.2) is 0 Å². The van der Waals surface area contributed by atoms with Crippen LogP contribution >= 0.6 is 0 Å². The quantitative estimate of drug-likeness (QED) is 0.665. The van der Waals surface area contributed by atoms with Gasteiger partial charge in [0.2, 0.25) is 0 Å². The van der Waals surface area contributed by atoms with Crippen LogP contribution in [0, 0.1) is 0 Å². The number of unbranched alkanes of at least 4 members (excludes halogenated alkanes) is 1. The van der Waals surface area contributed by atoms with E-state index in [0.717, 1.165) is 0 Å². The van der Waals surface area contributed by atoms with E-state index < -0.39 is 0 Å². The molecule has 0 heterocycles. The Morgan fingerprint density at radius 1 is 0.526 bits per heavy atom. The third-order valence-corrected chi connectivity index (χ3v) is 1.63. The second kappa shape index (κ2) is 43.0. The molecule has 2 nitrogen and oxygen atoms in total. The fourth-order valence-corrected chi connectivity index (χ4v) is 0.922. The predicted octanol–water partition coefficient (Wildman–Crippen LogP) is 5.38. The minimum Gasteiger partial charge on any atom is -0.309 e. The van der Waals surface area contributed by atoms with Gasteiger partial charge in [0.05, 0.1) is 0 Å². The van der Waals surface area contributed by atoms with Crippen molar-refractivity contribution >= 4 is 0 Å². The molecule has 0 aromatic carbocycles. The van der Waals surface area contributed by atoms with Gasteiger partial charge in [-0.25, -0.2) is 0 Å². The van der Waals surface area contributed by atoms with Gasteiger partial charge in [-0.3, -0.25) is 0 Å². The molecule has 0 atom stereocenters. The smallest absolute Gasteiger partial charge is 0.00249 e. The summed E-state index contributed by atoms with van der Waals surface area (Å²) in [6.07, 6.45) is 3.89. The predicted molar refractivity (Wildman–Crippen MR) is 96.4 cm³/mol. The zero-order chi connectivity index (χ0) is 16.7. The zero-order valence-electron chi connectivity index (χ0n) is 16.4. The lowest BCUT2D eigenvalue weighted by molar-refractivity contribution is 0.398. The molecule has 2 heteroatoms. The Hall–Kier alpha value is -0.0800. The Labute approximate surface area is 126 Å². The molecule has 0 fully saturated rings. The molecule has 0 aromatic rings. The van der Waals surface area contributed by atoms with E-state index in [1.54, 1.807) is 0 Å². The van der Waals surface area contributed by atoms with Crippen LogP contribution in [0.1, 0.15) is 74.7 Å². The maximum absolute atomic E-state index is 2.21. The fraction of sp³-hybridized carbons (Fsp3) is 1.00. The first-order valence-corrected chi connectivity index (χ1v) is 8.34. The summed E-state index contributed by atoms with van der Waals surface area (Å²) in [7, 11) is 8.39. The van der Waals surface area contributed by atoms with Gasteiger partial charge in [-0.1, -0.05) is 61.8 Å². The van der Waals surface area contributed by atoms with Crippen LogP contribution in [0.2, 0.25) is 0 Å². The van der Waals surface area contributed by atoms with E-state index in [1.165, 1.54) is 32.4 Å². The molecule has 0 bridgehead atoms. The van der Waals surface area contributed by atoms with E-state index in [2.05, 4.69) is 51.8 Å². The molecule has 0 amide bonds. The van der Waals surface area contributed by atoms with Crippen molar-refractivity contribution in [3.63, 3.8) is 0 Å². The summed E-state index contributed by atoms with van der Waals surface area (Å²) < 4.78 is 0. The number of nitrogens with zero attached hydrogens (tertiary/aromatic N) is 2. The molecule has 0 aliphatic carbocycles. The van der Waals surface area contributed by atoms with Gasteiger partial charge < -0.3 is 9.80 Å². The number of rotatable bonds is 5. The highest BCUT2D eigenvalue weighted by Gasteiger charge is 1.83. The molecule has 124 valence electrons. The van der Waals surface area contributed by atoms with E-state index in [4.69, 9.17) is 0 Å². The summed E-state index contributed by atoms with van der Waals surface area (Å²) in [6.45, 7) is 18.8. The van der Waals surface area contributed by atoms with Gasteiger partial charge in [-0.15, -0.1) is 0 Å². The van der Waals surface area contributed by atoms with Crippen LogP contribution in [0.4, 0.5) is 0 Å². The molecule has 0 rings (SSSR count). The topological polar surface area (TPSA) is 6.48 Å². The first-order valence-electron chi connectivity index (χ1n) is 8.34. The molecule has 0 aliphatic rings. The van der Waals surface area contributed by atoms with Gasteiger partial charge in [-0.2, -0.15) is 0 Å². The summed E-state index contributed by atoms with van der Waals surface area (Å²) in [5.41, 5.74) is 0. The van der Waals surface area contributed by atoms with Crippen molar-refractivity contribution in [2.24, 2.45) is 0 Å². The average Bonchev–Trinajstić information content (AvgIpc) is 2.43. The molecule has 0 saturated carbocycles. The van der Waals surface area contributed by atoms with Gasteiger partial charge in [0.25, 0.3) is 0 Å². The van der Waals surface area contributed by atoms with Crippen LogP contribution < -0.4 is 0 Å². The van der Waals surface area contributed by atoms with Crippen molar-refractivity contribution in [1.82, 2.24) is 9.80 Å². The monoisotopic (exact) mass is 278 g/mol. The molecule has 0 N–H and O–H groups in total. The van der Waals surface area contributed by atoms with Crippen molar-refractivity contribution in [1.29, 1.82) is 0 Å². The van der Waals surface area contributed by atoms with Gasteiger partial charge in [0.15, 0.2) is 0 Å². The summed E-state index contributed by atoms with van der Waals surface area (Å²) in [6, 6.07) is 0. The van der Waals surface area contributed by atoms with E-state index in [9.17, 15) is 0 Å². The van der Waals surface area contributed by atoms with Crippen molar-refractivity contribution in [2.75, 3.05) is 41.3 Å². The van der Waals surface area contributed by atoms with Crippen LogP contribution in [0.25, 0.3) is 0 Å². The third kappa shape index (κ3) is 94.8. The summed E-state index contributed by atoms with van der Waals surface area (Å²) in [5.74, 6) is 0. The Balaban J connectivity index is -0.0000000495. The van der Waals surface area contributed by atoms with Gasteiger partial charge in [0, 0.05) is 0 Å². The van der Waals surface area contributed by atoms with Crippen molar-refractivity contribution in [3.05, 3.63) is 0 Å². The van der Waals surface area contributed by atoms with Gasteiger partial charge in [0.1, 0.15) is 0 Å². The molecule has 0 saturated heterocycles. The maximum Gasteiger partial charge on any atom is -0.00249 e. The maximum atomic E-state index is 2.21. The second-order valence-electron chi connectivity index (χ2n) is 3.96. The number of hydrogen-bond donors (Lipinski definition) is 0. The molecular weight excluding hydrogens is 232 g/mol. The third-order valence-electron chi connectivity index (χ3n) is 1.63. The summed E-state index contributed by atoms with van der Waals surface area (Å²) in [5, 5.41) is 0. The van der Waals surface area contributed by atoms with Crippen LogP contribution in [0.5, 0.6) is 0 Å². The standard InChI is InChI=1S/C6H15N.C5H13N.3C2H6/c1-4-5-6-7(2)3;1-4-5-6(2)3;3*1-2/h4-6H2,1-3H3;4-5H2,1-3H3;3*1-2H3. The Morgan fingerprint density at radius 2 is 0.842 bits per heavy atom. The van der Waals surface area contributed by atoms with Gasteiger partial charge >= 0.3 is 0 Å². The molecule has 19 heavy (non-hydrogen) atoms. The normalized spacial score (nSPS) is 7.89. The van der Waals surface area contributed by atoms with Gasteiger partial charge in [-0.05, 0) is 54.1 Å². The molecule has 0 aliphatic heterocycles. The molecular formula is C17H46N2. The lowest BCUT2D eigenvalue weighted by Crippen LogP contribution is -2.12. The minimum absolute atomic E-state index is 1.21. The van der Waals surface area contributed by atoms with E-state index in [1.807, 2.05) is 41.5 Å². The van der Waals surface area contributed by atoms with Crippen molar-refractivity contribution in [2.45, 2.75) is 74.7 Å². The highest BCUT2D eigenvalue weighted by molar-refractivity contribution is 4.39. The van der Waals surface area contributed by atoms with E-state index in [0.29, 0.717) is 0 Å². The summed E-state index contributed by atoms with van der Waals surface area (Å²) >= 11 is 0. The SMILES string of the molecule is CC.CC.CC.CCCCN(C)C.CCCN(C)C. The van der Waals surface area contributed by atoms with Crippen molar-refractivity contribution < 1.29 is 0 Å². The number of hydrogen-bond acceptors (Lipinski definition) is 2. The summed E-state index contributed by atoms with van der Waals surface area (Å²) in [4.78, 5) is 4.39. The largest absolute Gasteiger partial charge is 0.309 e. The van der Waals surface area contributed by atoms with E-state index >= 15 is 0 Å². The van der Waals surface area contributed by atoms with Crippen molar-refractivity contribution in [3.8, 4) is 0 Å². The van der Waals surface area contributed by atoms with Crippen LogP contribution in [-0.4, -0.2) is 51.1 Å². The average molecular weight is 279 g/mol. The van der Waals surface area contributed by atoms with Crippen LogP contribution in [-0.2, 0) is 0 Å². The fourth-order valence-electron chi connectivity index (χ4n) is 0.922. The first-order chi connectivity index (χ1) is 9.04. The molecule has 0 radical (unpaired) electrons. The first kappa shape index (κ1) is 31.4. The Bertz CT molecular complexity index is 81.3. The minimum atomic E-state index is 1.21. The lowest BCUT2D eigenvalue weighted by atomic mass is 10.3. The zero-order valence-corrected chi connectivity index (χ0v) is 16.4. The Kier molecular flexibility index (Phi) is 71.0. The highest BCUT2D eigenvalue weighted by Crippen LogP contribution is 1.86.